The molecule has 0 amide bonds. The molecule has 0 aliphatic rings. The van der Waals surface area contributed by atoms with Crippen molar-refractivity contribution in [3.63, 3.8) is 0 Å². The number of ether oxygens (including phenoxy) is 14. The molecule has 6 atom stereocenters. The van der Waals surface area contributed by atoms with Crippen LogP contribution in [-0.2, 0) is 124 Å². The van der Waals surface area contributed by atoms with Crippen molar-refractivity contribution < 1.29 is 124 Å². The van der Waals surface area contributed by atoms with Crippen LogP contribution in [0.5, 0.6) is 0 Å². The van der Waals surface area contributed by atoms with Gasteiger partial charge >= 0.3 is 71.6 Å². The van der Waals surface area contributed by atoms with E-state index in [1.165, 1.54) is 41.5 Å². The van der Waals surface area contributed by atoms with Crippen LogP contribution in [0.2, 0.25) is 0 Å². The van der Waals surface area contributed by atoms with Crippen molar-refractivity contribution in [2.45, 2.75) is 73.0 Å². The molecule has 0 aromatic heterocycles. The molecule has 508 valence electrons. The Kier molecular flexibility index (Phi) is 47.5. The highest BCUT2D eigenvalue weighted by atomic mass is 32.1. The predicted octanol–water partition coefficient (Wildman–Crippen LogP) is 1.96. The zero-order chi connectivity index (χ0) is 67.8. The number of rotatable bonds is 44. The van der Waals surface area contributed by atoms with Crippen LogP contribution in [-0.4, -0.2) is 243 Å². The summed E-state index contributed by atoms with van der Waals surface area (Å²) >= 11 is 47.6. The van der Waals surface area contributed by atoms with Gasteiger partial charge in [0.2, 0.25) is 0 Å². The Hall–Kier alpha value is -2.24. The lowest BCUT2D eigenvalue weighted by atomic mass is 9.90. The Morgan fingerprint density at radius 3 is 0.443 bits per heavy atom. The molecule has 0 heterocycles. The molecule has 0 saturated carbocycles. The summed E-state index contributed by atoms with van der Waals surface area (Å²) in [5.41, 5.74) is -5.87. The molecule has 88 heavy (non-hydrogen) atoms. The highest BCUT2D eigenvalue weighted by Crippen LogP contribution is 2.29. The van der Waals surface area contributed by atoms with Gasteiger partial charge in [0.1, 0.15) is 79.3 Å². The van der Waals surface area contributed by atoms with Crippen LogP contribution in [0.15, 0.2) is 0 Å². The van der Waals surface area contributed by atoms with Crippen LogP contribution in [0.4, 0.5) is 0 Å². The Morgan fingerprint density at radius 2 is 0.341 bits per heavy atom. The van der Waals surface area contributed by atoms with Crippen molar-refractivity contribution in [1.29, 1.82) is 0 Å². The van der Waals surface area contributed by atoms with Gasteiger partial charge in [-0.15, -0.1) is 0 Å². The number of carbonyl (C=O) groups is 12. The highest BCUT2D eigenvalue weighted by Gasteiger charge is 2.43. The Morgan fingerprint density at radius 1 is 0.227 bits per heavy atom. The van der Waals surface area contributed by atoms with Gasteiger partial charge in [0.05, 0.1) is 114 Å². The maximum Gasteiger partial charge on any atom is 0.318 e. The van der Waals surface area contributed by atoms with Crippen molar-refractivity contribution >= 4 is 223 Å². The van der Waals surface area contributed by atoms with Crippen molar-refractivity contribution in [2.75, 3.05) is 140 Å². The van der Waals surface area contributed by atoms with E-state index in [0.717, 1.165) is 0 Å². The highest BCUT2D eigenvalue weighted by molar-refractivity contribution is 7.83. The average molecular weight is 1480 g/mol. The third kappa shape index (κ3) is 38.7. The number of hydrogen-bond donors (Lipinski definition) is 12. The first kappa shape index (κ1) is 87.8. The van der Waals surface area contributed by atoms with E-state index in [4.69, 9.17) is 66.3 Å². The van der Waals surface area contributed by atoms with E-state index in [9.17, 15) is 57.5 Å². The van der Waals surface area contributed by atoms with E-state index < -0.39 is 217 Å². The third-order valence-corrected chi connectivity index (χ3v) is 13.6. The fraction of sp³-hybridized carbons (Fsp3) is 0.760. The molecular formula is C50H80O26S12. The summed E-state index contributed by atoms with van der Waals surface area (Å²) in [5.74, 6) is -10.2. The fourth-order valence-electron chi connectivity index (χ4n) is 5.71. The number of thiol groups is 12. The predicted molar refractivity (Wildman–Crippen MR) is 357 cm³/mol. The van der Waals surface area contributed by atoms with Gasteiger partial charge in [-0.2, -0.15) is 152 Å². The van der Waals surface area contributed by atoms with E-state index >= 15 is 0 Å². The first-order valence-electron chi connectivity index (χ1n) is 25.9. The fourth-order valence-corrected chi connectivity index (χ4v) is 6.71. The second-order valence-electron chi connectivity index (χ2n) is 19.6. The van der Waals surface area contributed by atoms with E-state index in [1.807, 2.05) is 0 Å². The van der Waals surface area contributed by atoms with E-state index in [-0.39, 0.29) is 47.7 Å². The summed E-state index contributed by atoms with van der Waals surface area (Å²) in [6.45, 7) is 1.95. The molecule has 0 radical (unpaired) electrons. The quantitative estimate of drug-likeness (QED) is 0.0236. The molecule has 0 spiro atoms. The molecular weight excluding hydrogens is 1400 g/mol. The van der Waals surface area contributed by atoms with Crippen LogP contribution < -0.4 is 0 Å². The Labute approximate surface area is 577 Å². The maximum absolute atomic E-state index is 12.4. The first-order chi connectivity index (χ1) is 41.1. The Bertz CT molecular complexity index is 1850. The molecule has 26 nitrogen and oxygen atoms in total. The molecule has 0 aliphatic carbocycles. The SMILES string of the molecule is CC(S)C(=O)OCC(COCC(COC(=O)C(C)S)(COC(=O)C(C)S)COC(=O)C(C)S)(COC(=O)C(C)S)COC(=O)C(C)S.O=C(CS)OCC(COCC(COC(=O)CS)(COC(=O)CS)COC(=O)CS)(COC(=O)CS)COC(=O)CS. The second-order valence-corrected chi connectivity index (χ2v) is 26.1. The van der Waals surface area contributed by atoms with Crippen LogP contribution in [0.3, 0.4) is 0 Å². The zero-order valence-electron chi connectivity index (χ0n) is 49.0. The normalized spacial score (nSPS) is 14.7. The van der Waals surface area contributed by atoms with Gasteiger partial charge in [-0.05, 0) is 41.5 Å². The summed E-state index contributed by atoms with van der Waals surface area (Å²) in [7, 11) is 0. The van der Waals surface area contributed by atoms with Gasteiger partial charge in [0.25, 0.3) is 0 Å². The topological polar surface area (TPSA) is 334 Å². The van der Waals surface area contributed by atoms with Crippen molar-refractivity contribution in [3.8, 4) is 0 Å². The molecule has 0 fully saturated rings. The minimum absolute atomic E-state index is 0.267. The van der Waals surface area contributed by atoms with Gasteiger partial charge in [0.15, 0.2) is 0 Å². The average Bonchev–Trinajstić information content (AvgIpc) is 2.44. The lowest BCUT2D eigenvalue weighted by Gasteiger charge is -2.36. The van der Waals surface area contributed by atoms with Crippen molar-refractivity contribution in [3.05, 3.63) is 0 Å². The first-order valence-corrected chi connectivity index (χ1v) is 32.8. The number of hydrogen-bond acceptors (Lipinski definition) is 38. The smallest absolute Gasteiger partial charge is 0.318 e. The summed E-state index contributed by atoms with van der Waals surface area (Å²) < 4.78 is 75.6. The lowest BCUT2D eigenvalue weighted by molar-refractivity contribution is -0.177. The summed E-state index contributed by atoms with van der Waals surface area (Å²) in [4.78, 5) is 146. The minimum atomic E-state index is -1.50. The van der Waals surface area contributed by atoms with Crippen molar-refractivity contribution in [1.82, 2.24) is 0 Å². The third-order valence-electron chi connectivity index (χ3n) is 10.8. The molecule has 0 aromatic carbocycles. The van der Waals surface area contributed by atoms with Gasteiger partial charge in [-0.25, -0.2) is 0 Å². The molecule has 0 saturated heterocycles. The van der Waals surface area contributed by atoms with E-state index in [1.54, 1.807) is 0 Å². The van der Waals surface area contributed by atoms with Gasteiger partial charge in [-0.3, -0.25) is 57.5 Å². The van der Waals surface area contributed by atoms with Crippen LogP contribution in [0.1, 0.15) is 41.5 Å². The van der Waals surface area contributed by atoms with Gasteiger partial charge < -0.3 is 66.3 Å². The summed E-state index contributed by atoms with van der Waals surface area (Å²) in [5, 5.41) is -4.93. The minimum Gasteiger partial charge on any atom is -0.464 e. The summed E-state index contributed by atoms with van der Waals surface area (Å²) in [6, 6.07) is 0. The standard InChI is InChI=1S/C28H46O13S6.C22H34O13S6/c1-15(42)21(29)36-9-27(10-37-22(30)16(2)43,11-38-23(31)17(3)44)7-35-8-28(12-39-24(32)18(4)45,13-40-25(33)19(5)46)14-41-26(34)20(6)47;23-15(1-36)30-9-21(10-31-16(24)2-37,11-32-17(25)3-38)7-29-8-22(12-33-18(26)4-39,13-34-19(27)5-40)14-35-20(28)6-41/h15-20,42-47H,7-14H2,1-6H3;36-41H,1-14H2. The lowest BCUT2D eigenvalue weighted by Crippen LogP contribution is -2.48. The van der Waals surface area contributed by atoms with Gasteiger partial charge in [0, 0.05) is 0 Å². The van der Waals surface area contributed by atoms with Crippen LogP contribution in [0, 0.1) is 21.7 Å². The molecule has 0 rings (SSSR count). The largest absolute Gasteiger partial charge is 0.464 e. The Balaban J connectivity index is 0. The maximum atomic E-state index is 12.4. The molecule has 0 bridgehead atoms. The molecule has 38 heteroatoms. The second kappa shape index (κ2) is 47.6. The molecule has 0 aliphatic heterocycles. The monoisotopic (exact) mass is 1480 g/mol. The van der Waals surface area contributed by atoms with Crippen LogP contribution in [0.25, 0.3) is 0 Å². The van der Waals surface area contributed by atoms with E-state index in [2.05, 4.69) is 152 Å². The van der Waals surface area contributed by atoms with E-state index in [0.29, 0.717) is 0 Å². The summed E-state index contributed by atoms with van der Waals surface area (Å²) in [6.07, 6.45) is 0. The number of esters is 12. The molecule has 0 aromatic rings. The zero-order valence-corrected chi connectivity index (χ0v) is 59.7. The van der Waals surface area contributed by atoms with Gasteiger partial charge in [-0.1, -0.05) is 0 Å². The van der Waals surface area contributed by atoms with Crippen molar-refractivity contribution in [2.24, 2.45) is 21.7 Å². The number of carbonyl (C=O) groups excluding carboxylic acids is 12. The molecule has 0 N–H and O–H groups in total. The van der Waals surface area contributed by atoms with Crippen LogP contribution >= 0.6 is 152 Å². The molecule has 6 unspecified atom stereocenters.